The standard InChI is InChI=1S/C18H19N7/c1-2-4-15-14(3-1)21-17(22-15)12-23-7-9-24(10-8-23)18-16-11-19-13-25(16)6-5-20-18/h1-6,11,13H,7-10,12H2,(H,21,22). The quantitative estimate of drug-likeness (QED) is 0.621. The van der Waals surface area contributed by atoms with Crippen LogP contribution in [-0.4, -0.2) is 55.4 Å². The fourth-order valence-electron chi connectivity index (χ4n) is 3.49. The van der Waals surface area contributed by atoms with Crippen LogP contribution in [0.2, 0.25) is 0 Å². The molecule has 0 radical (unpaired) electrons. The largest absolute Gasteiger partial charge is 0.352 e. The van der Waals surface area contributed by atoms with Crippen LogP contribution in [0.3, 0.4) is 0 Å². The van der Waals surface area contributed by atoms with Crippen LogP contribution < -0.4 is 4.90 Å². The number of anilines is 1. The first-order valence-corrected chi connectivity index (χ1v) is 8.54. The van der Waals surface area contributed by atoms with Crippen molar-refractivity contribution < 1.29 is 0 Å². The minimum absolute atomic E-state index is 0.854. The van der Waals surface area contributed by atoms with Gasteiger partial charge in [-0.05, 0) is 12.1 Å². The summed E-state index contributed by atoms with van der Waals surface area (Å²) in [5.74, 6) is 2.05. The van der Waals surface area contributed by atoms with Crippen LogP contribution in [0.25, 0.3) is 16.6 Å². The number of aromatic amines is 1. The summed E-state index contributed by atoms with van der Waals surface area (Å²) in [5.41, 5.74) is 3.20. The third-order valence-corrected chi connectivity index (χ3v) is 4.80. The van der Waals surface area contributed by atoms with Gasteiger partial charge >= 0.3 is 0 Å². The lowest BCUT2D eigenvalue weighted by molar-refractivity contribution is 0.244. The highest BCUT2D eigenvalue weighted by molar-refractivity contribution is 5.74. The summed E-state index contributed by atoms with van der Waals surface area (Å²) in [6, 6.07) is 8.18. The van der Waals surface area contributed by atoms with Gasteiger partial charge in [-0.1, -0.05) is 12.1 Å². The number of hydrogen-bond acceptors (Lipinski definition) is 5. The minimum atomic E-state index is 0.854. The Hall–Kier alpha value is -2.93. The second-order valence-corrected chi connectivity index (χ2v) is 6.40. The highest BCUT2D eigenvalue weighted by Crippen LogP contribution is 2.20. The van der Waals surface area contributed by atoms with Gasteiger partial charge in [0.1, 0.15) is 11.3 Å². The number of fused-ring (bicyclic) bond motifs is 2. The van der Waals surface area contributed by atoms with Crippen molar-refractivity contribution in [1.82, 2.24) is 29.2 Å². The lowest BCUT2D eigenvalue weighted by Crippen LogP contribution is -2.46. The second kappa shape index (κ2) is 5.86. The first-order valence-electron chi connectivity index (χ1n) is 8.54. The summed E-state index contributed by atoms with van der Waals surface area (Å²) in [5, 5.41) is 0. The number of H-pyrrole nitrogens is 1. The number of imidazole rings is 2. The summed E-state index contributed by atoms with van der Waals surface area (Å²) in [6.45, 7) is 4.75. The van der Waals surface area contributed by atoms with E-state index < -0.39 is 0 Å². The lowest BCUT2D eigenvalue weighted by Gasteiger charge is -2.35. The average molecular weight is 333 g/mol. The number of nitrogens with zero attached hydrogens (tertiary/aromatic N) is 6. The molecule has 7 nitrogen and oxygen atoms in total. The highest BCUT2D eigenvalue weighted by Gasteiger charge is 2.20. The Morgan fingerprint density at radius 2 is 1.96 bits per heavy atom. The molecule has 4 heterocycles. The molecule has 7 heteroatoms. The maximum Gasteiger partial charge on any atom is 0.154 e. The van der Waals surface area contributed by atoms with Crippen LogP contribution in [0.5, 0.6) is 0 Å². The van der Waals surface area contributed by atoms with Crippen molar-refractivity contribution in [2.75, 3.05) is 31.1 Å². The van der Waals surface area contributed by atoms with Crippen molar-refractivity contribution >= 4 is 22.4 Å². The van der Waals surface area contributed by atoms with Crippen LogP contribution in [-0.2, 0) is 6.54 Å². The topological polar surface area (TPSA) is 65.4 Å². The zero-order valence-corrected chi connectivity index (χ0v) is 13.8. The van der Waals surface area contributed by atoms with Crippen LogP contribution in [0.1, 0.15) is 5.82 Å². The van der Waals surface area contributed by atoms with E-state index in [1.165, 1.54) is 0 Å². The molecule has 0 atom stereocenters. The van der Waals surface area contributed by atoms with Gasteiger partial charge in [0.25, 0.3) is 0 Å². The Balaban J connectivity index is 1.29. The van der Waals surface area contributed by atoms with E-state index in [9.17, 15) is 0 Å². The van der Waals surface area contributed by atoms with E-state index in [2.05, 4.69) is 35.8 Å². The van der Waals surface area contributed by atoms with Gasteiger partial charge in [-0.25, -0.2) is 15.0 Å². The van der Waals surface area contributed by atoms with Gasteiger partial charge in [-0.3, -0.25) is 4.90 Å². The van der Waals surface area contributed by atoms with Crippen LogP contribution in [0.15, 0.2) is 49.2 Å². The molecule has 0 saturated carbocycles. The second-order valence-electron chi connectivity index (χ2n) is 6.40. The molecule has 0 aliphatic carbocycles. The Bertz CT molecular complexity index is 977. The van der Waals surface area contributed by atoms with Crippen LogP contribution in [0, 0.1) is 0 Å². The van der Waals surface area contributed by atoms with Crippen molar-refractivity contribution in [1.29, 1.82) is 0 Å². The molecule has 0 amide bonds. The summed E-state index contributed by atoms with van der Waals surface area (Å²) in [6.07, 6.45) is 7.47. The Morgan fingerprint density at radius 1 is 1.08 bits per heavy atom. The zero-order valence-electron chi connectivity index (χ0n) is 13.8. The van der Waals surface area contributed by atoms with Crippen molar-refractivity contribution in [3.63, 3.8) is 0 Å². The van der Waals surface area contributed by atoms with Crippen molar-refractivity contribution in [3.05, 3.63) is 55.0 Å². The molecule has 1 N–H and O–H groups in total. The van der Waals surface area contributed by atoms with E-state index in [1.54, 1.807) is 0 Å². The zero-order chi connectivity index (χ0) is 16.6. The normalized spacial score (nSPS) is 16.1. The highest BCUT2D eigenvalue weighted by atomic mass is 15.3. The Labute approximate surface area is 144 Å². The summed E-state index contributed by atoms with van der Waals surface area (Å²) < 4.78 is 2.02. The summed E-state index contributed by atoms with van der Waals surface area (Å²) >= 11 is 0. The average Bonchev–Trinajstić information content (AvgIpc) is 3.28. The Morgan fingerprint density at radius 3 is 2.84 bits per heavy atom. The number of aromatic nitrogens is 5. The molecule has 1 saturated heterocycles. The lowest BCUT2D eigenvalue weighted by atomic mass is 10.3. The van der Waals surface area contributed by atoms with Gasteiger partial charge in [0.2, 0.25) is 0 Å². The fourth-order valence-corrected chi connectivity index (χ4v) is 3.49. The molecule has 1 aliphatic rings. The smallest absolute Gasteiger partial charge is 0.154 e. The first-order chi connectivity index (χ1) is 12.4. The van der Waals surface area contributed by atoms with E-state index in [0.29, 0.717) is 0 Å². The number of nitrogens with one attached hydrogen (secondary N) is 1. The van der Waals surface area contributed by atoms with Crippen molar-refractivity contribution in [2.45, 2.75) is 6.54 Å². The molecule has 3 aromatic heterocycles. The Kier molecular flexibility index (Phi) is 3.38. The molecule has 1 aromatic carbocycles. The minimum Gasteiger partial charge on any atom is -0.352 e. The predicted octanol–water partition coefficient (Wildman–Crippen LogP) is 1.93. The molecule has 1 fully saturated rings. The molecule has 5 rings (SSSR count). The first kappa shape index (κ1) is 14.4. The van der Waals surface area contributed by atoms with E-state index in [4.69, 9.17) is 0 Å². The number of rotatable bonds is 3. The molecule has 1 aliphatic heterocycles. The summed E-state index contributed by atoms with van der Waals surface area (Å²) in [7, 11) is 0. The molecule has 25 heavy (non-hydrogen) atoms. The number of benzene rings is 1. The fraction of sp³-hybridized carbons (Fsp3) is 0.278. The van der Waals surface area contributed by atoms with Gasteiger partial charge in [0.15, 0.2) is 5.82 Å². The number of hydrogen-bond donors (Lipinski definition) is 1. The molecule has 126 valence electrons. The molecule has 0 unspecified atom stereocenters. The van der Waals surface area contributed by atoms with Gasteiger partial charge in [-0.2, -0.15) is 0 Å². The van der Waals surface area contributed by atoms with Crippen molar-refractivity contribution in [2.24, 2.45) is 0 Å². The van der Waals surface area contributed by atoms with E-state index >= 15 is 0 Å². The maximum atomic E-state index is 4.68. The van der Waals surface area contributed by atoms with Gasteiger partial charge in [0.05, 0.1) is 30.1 Å². The van der Waals surface area contributed by atoms with Gasteiger partial charge < -0.3 is 14.3 Å². The molecule has 4 aromatic rings. The monoisotopic (exact) mass is 333 g/mol. The van der Waals surface area contributed by atoms with Crippen molar-refractivity contribution in [3.8, 4) is 0 Å². The maximum absolute atomic E-state index is 4.68. The molecule has 0 bridgehead atoms. The molecular formula is C18H19N7. The van der Waals surface area contributed by atoms with Gasteiger partial charge in [-0.15, -0.1) is 0 Å². The van der Waals surface area contributed by atoms with E-state index in [0.717, 1.165) is 60.9 Å². The van der Waals surface area contributed by atoms with Gasteiger partial charge in [0, 0.05) is 38.6 Å². The SMILES string of the molecule is c1ccc2[nH]c(CN3CCN(c4nccn5cncc45)CC3)nc2c1. The van der Waals surface area contributed by atoms with E-state index in [1.807, 2.05) is 47.5 Å². The van der Waals surface area contributed by atoms with Crippen LogP contribution in [0.4, 0.5) is 5.82 Å². The molecular weight excluding hydrogens is 314 g/mol. The molecule has 0 spiro atoms. The third kappa shape index (κ3) is 2.62. The summed E-state index contributed by atoms with van der Waals surface area (Å²) in [4.78, 5) is 21.7. The predicted molar refractivity (Wildman–Crippen MR) is 96.6 cm³/mol. The van der Waals surface area contributed by atoms with E-state index in [-0.39, 0.29) is 0 Å². The third-order valence-electron chi connectivity index (χ3n) is 4.80. The number of para-hydroxylation sites is 2. The number of piperazine rings is 1. The van der Waals surface area contributed by atoms with Crippen LogP contribution >= 0.6 is 0 Å².